The van der Waals surface area contributed by atoms with E-state index < -0.39 is 0 Å². The molecule has 3 heteroatoms. The number of nitrogens with one attached hydrogen (secondary N) is 1. The molecule has 74 valence electrons. The summed E-state index contributed by atoms with van der Waals surface area (Å²) >= 11 is 0. The number of hydrogen-bond acceptors (Lipinski definition) is 2. The standard InChI is InChI=1S/C10H18N2O/c1-8-6-11-7-9(8)10(13)12-4-2-3-5-12/h8-9,11H,2-7H2,1H3/t8-,9-/m1/s1. The van der Waals surface area contributed by atoms with Crippen molar-refractivity contribution in [1.82, 2.24) is 10.2 Å². The van der Waals surface area contributed by atoms with Gasteiger partial charge in [-0.25, -0.2) is 0 Å². The molecule has 2 aliphatic rings. The molecule has 2 fully saturated rings. The number of carbonyl (C=O) groups is 1. The summed E-state index contributed by atoms with van der Waals surface area (Å²) in [4.78, 5) is 14.0. The highest BCUT2D eigenvalue weighted by Gasteiger charge is 2.33. The Labute approximate surface area is 79.5 Å². The summed E-state index contributed by atoms with van der Waals surface area (Å²) in [5.41, 5.74) is 0. The molecule has 0 bridgehead atoms. The van der Waals surface area contributed by atoms with E-state index >= 15 is 0 Å². The third kappa shape index (κ3) is 1.70. The Bertz CT molecular complexity index is 199. The highest BCUT2D eigenvalue weighted by Crippen LogP contribution is 2.20. The van der Waals surface area contributed by atoms with Crippen molar-refractivity contribution in [3.63, 3.8) is 0 Å². The second-order valence-corrected chi connectivity index (χ2v) is 4.27. The quantitative estimate of drug-likeness (QED) is 0.639. The topological polar surface area (TPSA) is 32.3 Å². The zero-order chi connectivity index (χ0) is 9.26. The van der Waals surface area contributed by atoms with Gasteiger partial charge in [0.1, 0.15) is 0 Å². The fourth-order valence-corrected chi connectivity index (χ4v) is 2.31. The van der Waals surface area contributed by atoms with Crippen LogP contribution >= 0.6 is 0 Å². The SMILES string of the molecule is C[C@@H]1CNC[C@H]1C(=O)N1CCCC1. The van der Waals surface area contributed by atoms with Crippen molar-refractivity contribution in [3.05, 3.63) is 0 Å². The lowest BCUT2D eigenvalue weighted by Crippen LogP contribution is -2.36. The maximum Gasteiger partial charge on any atom is 0.227 e. The molecule has 0 aromatic heterocycles. The second-order valence-electron chi connectivity index (χ2n) is 4.27. The molecule has 0 saturated carbocycles. The van der Waals surface area contributed by atoms with Crippen molar-refractivity contribution in [3.8, 4) is 0 Å². The van der Waals surface area contributed by atoms with Crippen LogP contribution in [0, 0.1) is 11.8 Å². The van der Waals surface area contributed by atoms with Crippen molar-refractivity contribution in [2.75, 3.05) is 26.2 Å². The van der Waals surface area contributed by atoms with E-state index in [9.17, 15) is 4.79 Å². The first kappa shape index (κ1) is 9.00. The average molecular weight is 182 g/mol. The molecule has 3 nitrogen and oxygen atoms in total. The summed E-state index contributed by atoms with van der Waals surface area (Å²) in [6, 6.07) is 0. The molecule has 0 aromatic rings. The lowest BCUT2D eigenvalue weighted by Gasteiger charge is -2.21. The number of carbonyl (C=O) groups excluding carboxylic acids is 1. The second kappa shape index (κ2) is 3.66. The van der Waals surface area contributed by atoms with Gasteiger partial charge in [0.05, 0.1) is 5.92 Å². The molecule has 1 N–H and O–H groups in total. The molecular formula is C10H18N2O. The number of nitrogens with zero attached hydrogens (tertiary/aromatic N) is 1. The van der Waals surface area contributed by atoms with Gasteiger partial charge >= 0.3 is 0 Å². The van der Waals surface area contributed by atoms with Crippen molar-refractivity contribution < 1.29 is 4.79 Å². The van der Waals surface area contributed by atoms with Crippen LogP contribution in [0.5, 0.6) is 0 Å². The minimum absolute atomic E-state index is 0.248. The Kier molecular flexibility index (Phi) is 2.54. The highest BCUT2D eigenvalue weighted by atomic mass is 16.2. The van der Waals surface area contributed by atoms with E-state index in [1.165, 1.54) is 12.8 Å². The number of amides is 1. The van der Waals surface area contributed by atoms with Gasteiger partial charge in [0.15, 0.2) is 0 Å². The average Bonchev–Trinajstić information content (AvgIpc) is 2.72. The molecule has 2 aliphatic heterocycles. The van der Waals surface area contributed by atoms with Crippen molar-refractivity contribution in [1.29, 1.82) is 0 Å². The zero-order valence-corrected chi connectivity index (χ0v) is 8.25. The third-order valence-corrected chi connectivity index (χ3v) is 3.25. The Morgan fingerprint density at radius 2 is 2.00 bits per heavy atom. The Morgan fingerprint density at radius 3 is 2.54 bits per heavy atom. The van der Waals surface area contributed by atoms with E-state index in [-0.39, 0.29) is 5.92 Å². The van der Waals surface area contributed by atoms with E-state index in [0.717, 1.165) is 26.2 Å². The first-order valence-corrected chi connectivity index (χ1v) is 5.28. The lowest BCUT2D eigenvalue weighted by molar-refractivity contribution is -0.134. The Hall–Kier alpha value is -0.570. The molecular weight excluding hydrogens is 164 g/mol. The molecule has 2 heterocycles. The van der Waals surface area contributed by atoms with E-state index in [2.05, 4.69) is 12.2 Å². The normalized spacial score (nSPS) is 34.1. The number of rotatable bonds is 1. The zero-order valence-electron chi connectivity index (χ0n) is 8.25. The summed E-state index contributed by atoms with van der Waals surface area (Å²) in [7, 11) is 0. The van der Waals surface area contributed by atoms with Gasteiger partial charge in [0.25, 0.3) is 0 Å². The van der Waals surface area contributed by atoms with Crippen LogP contribution in [0.1, 0.15) is 19.8 Å². The van der Waals surface area contributed by atoms with Crippen LogP contribution in [-0.4, -0.2) is 37.0 Å². The molecule has 13 heavy (non-hydrogen) atoms. The summed E-state index contributed by atoms with van der Waals surface area (Å²) in [6.45, 7) is 6.03. The first-order chi connectivity index (χ1) is 6.29. The molecule has 0 radical (unpaired) electrons. The first-order valence-electron chi connectivity index (χ1n) is 5.28. The van der Waals surface area contributed by atoms with Crippen molar-refractivity contribution in [2.24, 2.45) is 11.8 Å². The smallest absolute Gasteiger partial charge is 0.227 e. The van der Waals surface area contributed by atoms with Crippen LogP contribution in [0.2, 0.25) is 0 Å². The summed E-state index contributed by atoms with van der Waals surface area (Å²) < 4.78 is 0. The summed E-state index contributed by atoms with van der Waals surface area (Å²) in [6.07, 6.45) is 2.39. The predicted octanol–water partition coefficient (Wildman–Crippen LogP) is 0.464. The lowest BCUT2D eigenvalue weighted by atomic mass is 9.97. The van der Waals surface area contributed by atoms with Gasteiger partial charge in [-0.15, -0.1) is 0 Å². The predicted molar refractivity (Wildman–Crippen MR) is 51.3 cm³/mol. The van der Waals surface area contributed by atoms with Gasteiger partial charge in [0, 0.05) is 19.6 Å². The Morgan fingerprint density at radius 1 is 1.31 bits per heavy atom. The Balaban J connectivity index is 1.95. The molecule has 0 aliphatic carbocycles. The maximum absolute atomic E-state index is 11.9. The van der Waals surface area contributed by atoms with Crippen LogP contribution < -0.4 is 5.32 Å². The van der Waals surface area contributed by atoms with Crippen LogP contribution in [-0.2, 0) is 4.79 Å². The van der Waals surface area contributed by atoms with Gasteiger partial charge in [-0.1, -0.05) is 6.92 Å². The van der Waals surface area contributed by atoms with E-state index in [0.29, 0.717) is 11.8 Å². The van der Waals surface area contributed by atoms with E-state index in [1.54, 1.807) is 0 Å². The van der Waals surface area contributed by atoms with Gasteiger partial charge in [-0.2, -0.15) is 0 Å². The molecule has 2 rings (SSSR count). The molecule has 2 atom stereocenters. The van der Waals surface area contributed by atoms with E-state index in [4.69, 9.17) is 0 Å². The van der Waals surface area contributed by atoms with Gasteiger partial charge in [-0.3, -0.25) is 4.79 Å². The molecule has 2 saturated heterocycles. The van der Waals surface area contributed by atoms with Crippen LogP contribution in [0.4, 0.5) is 0 Å². The number of hydrogen-bond donors (Lipinski definition) is 1. The van der Waals surface area contributed by atoms with Crippen LogP contribution in [0.25, 0.3) is 0 Å². The van der Waals surface area contributed by atoms with Crippen LogP contribution in [0.3, 0.4) is 0 Å². The molecule has 0 unspecified atom stereocenters. The maximum atomic E-state index is 11.9. The molecule has 0 spiro atoms. The van der Waals surface area contributed by atoms with Gasteiger partial charge in [0.2, 0.25) is 5.91 Å². The van der Waals surface area contributed by atoms with Crippen molar-refractivity contribution >= 4 is 5.91 Å². The summed E-state index contributed by atoms with van der Waals surface area (Å²) in [5, 5.41) is 3.28. The molecule has 0 aromatic carbocycles. The van der Waals surface area contributed by atoms with E-state index in [1.807, 2.05) is 4.90 Å². The minimum Gasteiger partial charge on any atom is -0.342 e. The van der Waals surface area contributed by atoms with Gasteiger partial charge < -0.3 is 10.2 Å². The monoisotopic (exact) mass is 182 g/mol. The van der Waals surface area contributed by atoms with Crippen molar-refractivity contribution in [2.45, 2.75) is 19.8 Å². The molecule has 1 amide bonds. The largest absolute Gasteiger partial charge is 0.342 e. The fraction of sp³-hybridized carbons (Fsp3) is 0.900. The minimum atomic E-state index is 0.248. The fourth-order valence-electron chi connectivity index (χ4n) is 2.31. The highest BCUT2D eigenvalue weighted by molar-refractivity contribution is 5.80. The summed E-state index contributed by atoms with van der Waals surface area (Å²) in [5.74, 6) is 1.15. The number of likely N-dealkylation sites (tertiary alicyclic amines) is 1. The third-order valence-electron chi connectivity index (χ3n) is 3.25. The van der Waals surface area contributed by atoms with Crippen LogP contribution in [0.15, 0.2) is 0 Å². The van der Waals surface area contributed by atoms with Gasteiger partial charge in [-0.05, 0) is 25.3 Å².